The summed E-state index contributed by atoms with van der Waals surface area (Å²) in [6, 6.07) is 2.20. The first kappa shape index (κ1) is 14.4. The number of thiophene rings is 1. The normalized spacial score (nSPS) is 26.4. The van der Waals surface area contributed by atoms with Crippen LogP contribution in [0.3, 0.4) is 0 Å². The molecule has 4 nitrogen and oxygen atoms in total. The Morgan fingerprint density at radius 2 is 2.45 bits per heavy atom. The largest absolute Gasteiger partial charge is 0.379 e. The van der Waals surface area contributed by atoms with Gasteiger partial charge in [-0.25, -0.2) is 0 Å². The van der Waals surface area contributed by atoms with Crippen LogP contribution in [0.25, 0.3) is 0 Å². The number of fused-ring (bicyclic) bond motifs is 1. The van der Waals surface area contributed by atoms with Crippen LogP contribution < -0.4 is 5.32 Å². The highest BCUT2D eigenvalue weighted by atomic mass is 32.2. The minimum atomic E-state index is -1.13. The third kappa shape index (κ3) is 3.03. The molecule has 2 aliphatic heterocycles. The van der Waals surface area contributed by atoms with Gasteiger partial charge in [-0.05, 0) is 35.6 Å². The van der Waals surface area contributed by atoms with Gasteiger partial charge in [-0.15, -0.1) is 11.3 Å². The van der Waals surface area contributed by atoms with E-state index in [1.807, 2.05) is 11.3 Å². The average molecular weight is 312 g/mol. The van der Waals surface area contributed by atoms with Crippen molar-refractivity contribution in [2.75, 3.05) is 31.1 Å². The number of hydrogen-bond donors (Lipinski definition) is 2. The molecule has 1 aromatic heterocycles. The molecule has 1 fully saturated rings. The van der Waals surface area contributed by atoms with Gasteiger partial charge in [-0.2, -0.15) is 11.8 Å². The zero-order chi connectivity index (χ0) is 14.0. The molecule has 2 N–H and O–H groups in total. The summed E-state index contributed by atoms with van der Waals surface area (Å²) in [5.74, 6) is 1.20. The Kier molecular flexibility index (Phi) is 4.35. The van der Waals surface area contributed by atoms with Gasteiger partial charge in [0.25, 0.3) is 5.91 Å². The fourth-order valence-corrected chi connectivity index (χ4v) is 4.85. The monoisotopic (exact) mass is 312 g/mol. The number of thioether (sulfide) groups is 1. The molecule has 0 spiro atoms. The van der Waals surface area contributed by atoms with E-state index in [2.05, 4.69) is 21.7 Å². The Balaban J connectivity index is 1.43. The molecular weight excluding hydrogens is 292 g/mol. The molecule has 20 heavy (non-hydrogen) atoms. The highest BCUT2D eigenvalue weighted by Gasteiger charge is 2.39. The van der Waals surface area contributed by atoms with Gasteiger partial charge in [0.1, 0.15) is 0 Å². The van der Waals surface area contributed by atoms with Gasteiger partial charge in [0, 0.05) is 36.8 Å². The average Bonchev–Trinajstić information content (AvgIpc) is 3.07. The van der Waals surface area contributed by atoms with Crippen LogP contribution in [-0.2, 0) is 17.8 Å². The van der Waals surface area contributed by atoms with Crippen LogP contribution in [0.1, 0.15) is 16.9 Å². The zero-order valence-electron chi connectivity index (χ0n) is 11.4. The summed E-state index contributed by atoms with van der Waals surface area (Å²) in [6.07, 6.45) is 1.69. The van der Waals surface area contributed by atoms with Gasteiger partial charge in [0.05, 0.1) is 0 Å². The Bertz CT molecular complexity index is 483. The van der Waals surface area contributed by atoms with Crippen LogP contribution in [0.15, 0.2) is 11.4 Å². The maximum absolute atomic E-state index is 12.0. The number of nitrogens with one attached hydrogen (secondary N) is 1. The van der Waals surface area contributed by atoms with Crippen molar-refractivity contribution in [3.05, 3.63) is 21.9 Å². The van der Waals surface area contributed by atoms with Gasteiger partial charge in [0.2, 0.25) is 0 Å². The topological polar surface area (TPSA) is 52.6 Å². The van der Waals surface area contributed by atoms with Crippen molar-refractivity contribution >= 4 is 29.0 Å². The molecule has 0 saturated carbocycles. The number of rotatable bonds is 4. The third-order valence-corrected chi connectivity index (χ3v) is 6.22. The Morgan fingerprint density at radius 3 is 3.25 bits per heavy atom. The second-order valence-electron chi connectivity index (χ2n) is 5.49. The summed E-state index contributed by atoms with van der Waals surface area (Å²) in [7, 11) is 0. The molecule has 3 rings (SSSR count). The van der Waals surface area contributed by atoms with E-state index >= 15 is 0 Å². The summed E-state index contributed by atoms with van der Waals surface area (Å²) in [6.45, 7) is 3.51. The molecule has 1 unspecified atom stereocenters. The molecule has 110 valence electrons. The van der Waals surface area contributed by atoms with Gasteiger partial charge in [-0.1, -0.05) is 0 Å². The number of carbonyl (C=O) groups excluding carboxylic acids is 1. The molecule has 2 aliphatic rings. The van der Waals surface area contributed by atoms with Crippen molar-refractivity contribution in [1.82, 2.24) is 10.2 Å². The SMILES string of the molecule is O=C(NCCN1CCc2sccc2C1)C1(O)CCSC1. The molecule has 0 bridgehead atoms. The lowest BCUT2D eigenvalue weighted by Crippen LogP contribution is -2.49. The molecule has 0 aromatic carbocycles. The van der Waals surface area contributed by atoms with Crippen molar-refractivity contribution in [2.24, 2.45) is 0 Å². The standard InChI is InChI=1S/C14H20N2O2S2/c17-13(14(18)3-8-19-10-14)15-4-6-16-5-1-12-11(9-16)2-7-20-12/h2,7,18H,1,3-6,8-10H2,(H,15,17). The zero-order valence-corrected chi connectivity index (χ0v) is 13.1. The van der Waals surface area contributed by atoms with Crippen LogP contribution in [0.4, 0.5) is 0 Å². The smallest absolute Gasteiger partial charge is 0.252 e. The second kappa shape index (κ2) is 6.05. The van der Waals surface area contributed by atoms with Crippen LogP contribution in [0.5, 0.6) is 0 Å². The summed E-state index contributed by atoms with van der Waals surface area (Å²) in [5.41, 5.74) is 0.297. The summed E-state index contributed by atoms with van der Waals surface area (Å²) in [4.78, 5) is 15.8. The third-order valence-electron chi connectivity index (χ3n) is 4.02. The fraction of sp³-hybridized carbons (Fsp3) is 0.643. The predicted octanol–water partition coefficient (Wildman–Crippen LogP) is 1.09. The Hall–Kier alpha value is -0.560. The van der Waals surface area contributed by atoms with Gasteiger partial charge >= 0.3 is 0 Å². The van der Waals surface area contributed by atoms with Gasteiger partial charge in [0.15, 0.2) is 5.60 Å². The van der Waals surface area contributed by atoms with Crippen LogP contribution in [-0.4, -0.2) is 52.7 Å². The number of amides is 1. The van der Waals surface area contributed by atoms with Crippen molar-refractivity contribution in [3.63, 3.8) is 0 Å². The van der Waals surface area contributed by atoms with Crippen LogP contribution >= 0.6 is 23.1 Å². The van der Waals surface area contributed by atoms with Crippen molar-refractivity contribution in [1.29, 1.82) is 0 Å². The van der Waals surface area contributed by atoms with E-state index in [-0.39, 0.29) is 5.91 Å². The number of carbonyl (C=O) groups is 1. The van der Waals surface area contributed by atoms with Crippen LogP contribution in [0, 0.1) is 0 Å². The van der Waals surface area contributed by atoms with Crippen molar-refractivity contribution < 1.29 is 9.90 Å². The number of nitrogens with zero attached hydrogens (tertiary/aromatic N) is 1. The molecule has 1 amide bonds. The first-order valence-corrected chi connectivity index (χ1v) is 9.07. The highest BCUT2D eigenvalue weighted by molar-refractivity contribution is 7.99. The van der Waals surface area contributed by atoms with E-state index in [4.69, 9.17) is 0 Å². The lowest BCUT2D eigenvalue weighted by atomic mass is 10.0. The molecule has 0 radical (unpaired) electrons. The molecule has 0 aliphatic carbocycles. The molecular formula is C14H20N2O2S2. The number of hydrogen-bond acceptors (Lipinski definition) is 5. The summed E-state index contributed by atoms with van der Waals surface area (Å²) in [5, 5.41) is 15.2. The van der Waals surface area contributed by atoms with E-state index in [1.165, 1.54) is 10.4 Å². The minimum absolute atomic E-state index is 0.198. The van der Waals surface area contributed by atoms with E-state index in [9.17, 15) is 9.90 Å². The van der Waals surface area contributed by atoms with E-state index in [0.717, 1.165) is 31.8 Å². The molecule has 3 heterocycles. The number of aliphatic hydroxyl groups is 1. The van der Waals surface area contributed by atoms with E-state index < -0.39 is 5.60 Å². The van der Waals surface area contributed by atoms with E-state index in [0.29, 0.717) is 18.7 Å². The molecule has 1 atom stereocenters. The Morgan fingerprint density at radius 1 is 1.55 bits per heavy atom. The van der Waals surface area contributed by atoms with Crippen molar-refractivity contribution in [3.8, 4) is 0 Å². The maximum atomic E-state index is 12.0. The lowest BCUT2D eigenvalue weighted by Gasteiger charge is -2.27. The summed E-state index contributed by atoms with van der Waals surface area (Å²) < 4.78 is 0. The predicted molar refractivity (Wildman–Crippen MR) is 83.2 cm³/mol. The molecule has 6 heteroatoms. The second-order valence-corrected chi connectivity index (χ2v) is 7.59. The minimum Gasteiger partial charge on any atom is -0.379 e. The highest BCUT2D eigenvalue weighted by Crippen LogP contribution is 2.28. The van der Waals surface area contributed by atoms with E-state index in [1.54, 1.807) is 11.8 Å². The molecule has 1 aromatic rings. The fourth-order valence-electron chi connectivity index (χ4n) is 2.72. The Labute approximate surface area is 127 Å². The van der Waals surface area contributed by atoms with Crippen LogP contribution in [0.2, 0.25) is 0 Å². The first-order valence-electron chi connectivity index (χ1n) is 7.03. The van der Waals surface area contributed by atoms with Crippen molar-refractivity contribution in [2.45, 2.75) is 25.0 Å². The first-order chi connectivity index (χ1) is 9.67. The quantitative estimate of drug-likeness (QED) is 0.874. The molecule has 1 saturated heterocycles. The maximum Gasteiger partial charge on any atom is 0.252 e. The van der Waals surface area contributed by atoms with Gasteiger partial charge in [-0.3, -0.25) is 9.69 Å². The van der Waals surface area contributed by atoms with Gasteiger partial charge < -0.3 is 10.4 Å². The lowest BCUT2D eigenvalue weighted by molar-refractivity contribution is -0.137. The summed E-state index contributed by atoms with van der Waals surface area (Å²) >= 11 is 3.48.